The Labute approximate surface area is 144 Å². The van der Waals surface area contributed by atoms with Gasteiger partial charge in [0.25, 0.3) is 0 Å². The average Bonchev–Trinajstić information content (AvgIpc) is 2.43. The Balaban J connectivity index is 6.67. The van der Waals surface area contributed by atoms with Crippen LogP contribution in [0, 0.1) is 0 Å². The molecule has 0 heterocycles. The number of rotatable bonds is 7. The van der Waals surface area contributed by atoms with Gasteiger partial charge in [0.1, 0.15) is 0 Å². The second-order valence-corrected chi connectivity index (χ2v) is 5.15. The van der Waals surface area contributed by atoms with Crippen molar-refractivity contribution in [1.82, 2.24) is 0 Å². The van der Waals surface area contributed by atoms with Crippen molar-refractivity contribution in [2.45, 2.75) is 48.6 Å². The van der Waals surface area contributed by atoms with Crippen molar-refractivity contribution in [3.63, 3.8) is 0 Å². The molecule has 0 aromatic heterocycles. The van der Waals surface area contributed by atoms with E-state index in [1.807, 2.05) is 0 Å². The summed E-state index contributed by atoms with van der Waals surface area (Å²) in [6, 6.07) is 0. The van der Waals surface area contributed by atoms with Gasteiger partial charge in [0.2, 0.25) is 0 Å². The van der Waals surface area contributed by atoms with Crippen molar-refractivity contribution in [2.75, 3.05) is 0 Å². The van der Waals surface area contributed by atoms with Crippen LogP contribution in [0.25, 0.3) is 0 Å². The van der Waals surface area contributed by atoms with Crippen LogP contribution < -0.4 is 5.73 Å². The summed E-state index contributed by atoms with van der Waals surface area (Å²) in [5.41, 5.74) is 1.28. The summed E-state index contributed by atoms with van der Waals surface area (Å²) in [6.07, 6.45) is -8.38. The largest absolute Gasteiger partial charge is 0.460 e. The van der Waals surface area contributed by atoms with Crippen molar-refractivity contribution in [2.24, 2.45) is 5.73 Å². The summed E-state index contributed by atoms with van der Waals surface area (Å²) in [5, 5.41) is 0. The van der Waals surface area contributed by atoms with Crippen LogP contribution in [-0.2, 0) is 4.79 Å². The second kappa shape index (κ2) is 6.60. The van der Waals surface area contributed by atoms with Crippen LogP contribution in [0.15, 0.2) is 11.8 Å². The molecule has 0 saturated heterocycles. The fraction of sp³-hybridized carbons (Fsp3) is 0.727. The Kier molecular flexibility index (Phi) is 6.17. The number of carbonyl (C=O) groups excluding carboxylic acids is 1. The van der Waals surface area contributed by atoms with E-state index in [0.717, 1.165) is 0 Å². The third-order valence-corrected chi connectivity index (χ3v) is 3.05. The first-order valence-electron chi connectivity index (χ1n) is 6.15. The zero-order chi connectivity index (χ0) is 23.4. The van der Waals surface area contributed by atoms with Crippen LogP contribution in [-0.4, -0.2) is 47.5 Å². The monoisotopic (exact) mass is 453 g/mol. The van der Waals surface area contributed by atoms with Gasteiger partial charge in [-0.25, -0.2) is 0 Å². The van der Waals surface area contributed by atoms with E-state index < -0.39 is 59.3 Å². The van der Waals surface area contributed by atoms with Crippen molar-refractivity contribution in [3.8, 4) is 0 Å². The molecule has 2 nitrogen and oxygen atoms in total. The topological polar surface area (TPSA) is 43.1 Å². The van der Waals surface area contributed by atoms with Gasteiger partial charge in [0.15, 0.2) is 5.78 Å². The Bertz CT molecular complexity index is 645. The molecule has 28 heavy (non-hydrogen) atoms. The molecule has 0 fully saturated rings. The predicted octanol–water partition coefficient (Wildman–Crippen LogP) is 4.79. The first-order chi connectivity index (χ1) is 11.8. The van der Waals surface area contributed by atoms with Gasteiger partial charge in [-0.05, 0) is 6.92 Å². The second-order valence-electron chi connectivity index (χ2n) is 5.15. The molecular formula is C11H6F15NO. The third kappa shape index (κ3) is 3.35. The van der Waals surface area contributed by atoms with Gasteiger partial charge in [-0.1, -0.05) is 0 Å². The minimum atomic E-state index is -8.39. The normalized spacial score (nSPS) is 16.4. The quantitative estimate of drug-likeness (QED) is 0.445. The summed E-state index contributed by atoms with van der Waals surface area (Å²) in [5.74, 6) is -49.1. The first kappa shape index (κ1) is 26.2. The molecule has 166 valence electrons. The molecule has 0 saturated carbocycles. The molecule has 0 aliphatic heterocycles. The summed E-state index contributed by atoms with van der Waals surface area (Å²) >= 11 is 0. The SMILES string of the molecule is CC(=O)/C=C(\N)C(F)(F)C(F)(F)C(F)(F)C(F)(F)C(F)(F)C(F)(F)C(F)(F)F. The van der Waals surface area contributed by atoms with E-state index in [0.29, 0.717) is 6.92 Å². The molecule has 0 radical (unpaired) electrons. The molecule has 0 aromatic rings. The molecular weight excluding hydrogens is 447 g/mol. The standard InChI is InChI=1S/C11H6F15NO/c1-3(28)2-4(27)5(12,13)6(14,15)7(16,17)8(18,19)9(20,21)10(22,23)11(24,25)26/h2H,27H2,1H3/b4-2-. The third-order valence-electron chi connectivity index (χ3n) is 3.05. The Hall–Kier alpha value is -1.84. The van der Waals surface area contributed by atoms with Gasteiger partial charge >= 0.3 is 41.7 Å². The van der Waals surface area contributed by atoms with E-state index in [2.05, 4.69) is 5.73 Å². The lowest BCUT2D eigenvalue weighted by molar-refractivity contribution is -0.450. The summed E-state index contributed by atoms with van der Waals surface area (Å²) in [7, 11) is 0. The van der Waals surface area contributed by atoms with Gasteiger partial charge in [-0.3, -0.25) is 4.79 Å². The minimum Gasteiger partial charge on any atom is -0.397 e. The van der Waals surface area contributed by atoms with Crippen LogP contribution in [0.4, 0.5) is 65.9 Å². The van der Waals surface area contributed by atoms with E-state index >= 15 is 0 Å². The molecule has 0 amide bonds. The fourth-order valence-corrected chi connectivity index (χ4v) is 1.46. The Morgan fingerprint density at radius 3 is 1.18 bits per heavy atom. The van der Waals surface area contributed by atoms with Crippen LogP contribution in [0.3, 0.4) is 0 Å². The van der Waals surface area contributed by atoms with Gasteiger partial charge < -0.3 is 5.73 Å². The van der Waals surface area contributed by atoms with E-state index in [1.165, 1.54) is 0 Å². The molecule has 0 aliphatic carbocycles. The molecule has 2 N–H and O–H groups in total. The molecule has 0 aliphatic rings. The average molecular weight is 453 g/mol. The van der Waals surface area contributed by atoms with E-state index in [-0.39, 0.29) is 0 Å². The lowest BCUT2D eigenvalue weighted by Crippen LogP contribution is -2.73. The van der Waals surface area contributed by atoms with E-state index in [1.54, 1.807) is 0 Å². The smallest absolute Gasteiger partial charge is 0.397 e. The van der Waals surface area contributed by atoms with Gasteiger partial charge in [-0.15, -0.1) is 0 Å². The number of allylic oxidation sites excluding steroid dienone is 2. The highest BCUT2D eigenvalue weighted by Crippen LogP contribution is 2.62. The number of ketones is 1. The zero-order valence-corrected chi connectivity index (χ0v) is 12.7. The summed E-state index contributed by atoms with van der Waals surface area (Å²) in [6.45, 7) is 0.311. The molecule has 0 rings (SSSR count). The molecule has 0 aromatic carbocycles. The Morgan fingerprint density at radius 1 is 0.607 bits per heavy atom. The van der Waals surface area contributed by atoms with Gasteiger partial charge in [-0.2, -0.15) is 65.9 Å². The van der Waals surface area contributed by atoms with Crippen LogP contribution >= 0.6 is 0 Å². The number of hydrogen-bond acceptors (Lipinski definition) is 2. The highest BCUT2D eigenvalue weighted by atomic mass is 19.4. The maximum Gasteiger partial charge on any atom is 0.460 e. The van der Waals surface area contributed by atoms with Crippen molar-refractivity contribution >= 4 is 5.78 Å². The molecule has 0 bridgehead atoms. The number of hydrogen-bond donors (Lipinski definition) is 1. The fourth-order valence-electron chi connectivity index (χ4n) is 1.46. The highest BCUT2D eigenvalue weighted by molar-refractivity contribution is 5.88. The molecule has 17 heteroatoms. The maximum atomic E-state index is 13.3. The molecule has 0 unspecified atom stereocenters. The number of nitrogens with two attached hydrogens (primary N) is 1. The Morgan fingerprint density at radius 2 is 0.893 bits per heavy atom. The minimum absolute atomic E-state index is 0.311. The summed E-state index contributed by atoms with van der Waals surface area (Å²) < 4.78 is 193. The van der Waals surface area contributed by atoms with Crippen molar-refractivity contribution in [3.05, 3.63) is 11.8 Å². The number of alkyl halides is 15. The van der Waals surface area contributed by atoms with Crippen LogP contribution in [0.2, 0.25) is 0 Å². The van der Waals surface area contributed by atoms with Crippen molar-refractivity contribution < 1.29 is 70.7 Å². The van der Waals surface area contributed by atoms with Crippen LogP contribution in [0.1, 0.15) is 6.92 Å². The summed E-state index contributed by atoms with van der Waals surface area (Å²) in [4.78, 5) is 10.5. The van der Waals surface area contributed by atoms with Gasteiger partial charge in [0, 0.05) is 6.08 Å². The number of carbonyl (C=O) groups is 1. The zero-order valence-electron chi connectivity index (χ0n) is 12.7. The maximum absolute atomic E-state index is 13.3. The van der Waals surface area contributed by atoms with Gasteiger partial charge in [0.05, 0.1) is 5.70 Å². The number of halogens is 15. The first-order valence-corrected chi connectivity index (χ1v) is 6.15. The predicted molar refractivity (Wildman–Crippen MR) is 58.7 cm³/mol. The lowest BCUT2D eigenvalue weighted by atomic mass is 9.90. The highest BCUT2D eigenvalue weighted by Gasteiger charge is 2.93. The van der Waals surface area contributed by atoms with Crippen molar-refractivity contribution in [1.29, 1.82) is 0 Å². The van der Waals surface area contributed by atoms with Crippen LogP contribution in [0.5, 0.6) is 0 Å². The lowest BCUT2D eigenvalue weighted by Gasteiger charge is -2.41. The molecule has 0 atom stereocenters. The molecule has 0 spiro atoms. The van der Waals surface area contributed by atoms with E-state index in [9.17, 15) is 70.7 Å². The van der Waals surface area contributed by atoms with E-state index in [4.69, 9.17) is 0 Å².